The summed E-state index contributed by atoms with van der Waals surface area (Å²) in [5, 5.41) is 10.9. The first-order chi connectivity index (χ1) is 7.75. The van der Waals surface area contributed by atoms with Gasteiger partial charge in [-0.05, 0) is 6.92 Å². The van der Waals surface area contributed by atoms with E-state index in [1.807, 2.05) is 30.2 Å². The molecular formula is C11H16N4S. The van der Waals surface area contributed by atoms with Gasteiger partial charge < -0.3 is 5.32 Å². The summed E-state index contributed by atoms with van der Waals surface area (Å²) >= 11 is 1.71. The maximum absolute atomic E-state index is 4.31. The Balaban J connectivity index is 1.74. The van der Waals surface area contributed by atoms with Crippen molar-refractivity contribution in [3.05, 3.63) is 34.0 Å². The molecule has 0 amide bonds. The maximum atomic E-state index is 4.31. The van der Waals surface area contributed by atoms with E-state index in [4.69, 9.17) is 0 Å². The Bertz CT molecular complexity index is 433. The molecule has 0 saturated heterocycles. The Kier molecular flexibility index (Phi) is 3.69. The number of aromatic nitrogens is 3. The Morgan fingerprint density at radius 1 is 1.50 bits per heavy atom. The number of thiazole rings is 1. The van der Waals surface area contributed by atoms with Crippen molar-refractivity contribution in [2.45, 2.75) is 19.9 Å². The zero-order chi connectivity index (χ0) is 11.4. The average Bonchev–Trinajstić information content (AvgIpc) is 2.84. The molecule has 1 N–H and O–H groups in total. The first kappa shape index (κ1) is 11.3. The Morgan fingerprint density at radius 2 is 2.38 bits per heavy atom. The molecule has 2 aromatic rings. The van der Waals surface area contributed by atoms with Crippen molar-refractivity contribution in [1.82, 2.24) is 20.1 Å². The van der Waals surface area contributed by atoms with Crippen LogP contribution in [0.1, 0.15) is 16.3 Å². The molecule has 0 aliphatic heterocycles. The highest BCUT2D eigenvalue weighted by atomic mass is 32.1. The van der Waals surface area contributed by atoms with Crippen LogP contribution >= 0.6 is 11.3 Å². The number of nitrogens with zero attached hydrogens (tertiary/aromatic N) is 3. The molecular weight excluding hydrogens is 220 g/mol. The minimum atomic E-state index is 0.880. The summed E-state index contributed by atoms with van der Waals surface area (Å²) in [7, 11) is 1.95. The third-order valence-electron chi connectivity index (χ3n) is 2.43. The van der Waals surface area contributed by atoms with Gasteiger partial charge in [0.1, 0.15) is 0 Å². The summed E-state index contributed by atoms with van der Waals surface area (Å²) in [6.45, 7) is 3.88. The lowest BCUT2D eigenvalue weighted by atomic mass is 10.2. The summed E-state index contributed by atoms with van der Waals surface area (Å²) in [4.78, 5) is 4.24. The molecule has 0 aliphatic rings. The highest BCUT2D eigenvalue weighted by molar-refractivity contribution is 7.09. The minimum Gasteiger partial charge on any atom is -0.312 e. The molecule has 0 aliphatic carbocycles. The van der Waals surface area contributed by atoms with Crippen molar-refractivity contribution in [2.24, 2.45) is 7.05 Å². The number of hydrogen-bond acceptors (Lipinski definition) is 4. The number of rotatable bonds is 5. The third-order valence-corrected chi connectivity index (χ3v) is 3.27. The summed E-state index contributed by atoms with van der Waals surface area (Å²) in [6, 6.07) is 0. The highest BCUT2D eigenvalue weighted by Gasteiger charge is 2.02. The van der Waals surface area contributed by atoms with Crippen LogP contribution in [0.3, 0.4) is 0 Å². The summed E-state index contributed by atoms with van der Waals surface area (Å²) in [5.41, 5.74) is 2.37. The van der Waals surface area contributed by atoms with Crippen LogP contribution in [-0.2, 0) is 20.0 Å². The van der Waals surface area contributed by atoms with Gasteiger partial charge in [0.15, 0.2) is 0 Å². The predicted octanol–water partition coefficient (Wildman–Crippen LogP) is 1.52. The molecule has 5 heteroatoms. The Morgan fingerprint density at radius 3 is 3.00 bits per heavy atom. The van der Waals surface area contributed by atoms with E-state index >= 15 is 0 Å². The highest BCUT2D eigenvalue weighted by Crippen LogP contribution is 2.05. The fourth-order valence-corrected chi connectivity index (χ4v) is 2.24. The van der Waals surface area contributed by atoms with Crippen LogP contribution in [-0.4, -0.2) is 21.3 Å². The van der Waals surface area contributed by atoms with E-state index in [0.717, 1.165) is 25.2 Å². The third kappa shape index (κ3) is 2.90. The summed E-state index contributed by atoms with van der Waals surface area (Å²) in [6.07, 6.45) is 4.91. The molecule has 0 fully saturated rings. The van der Waals surface area contributed by atoms with Crippen molar-refractivity contribution in [1.29, 1.82) is 0 Å². The van der Waals surface area contributed by atoms with E-state index in [9.17, 15) is 0 Å². The van der Waals surface area contributed by atoms with Crippen molar-refractivity contribution in [2.75, 3.05) is 6.54 Å². The molecule has 86 valence electrons. The molecule has 0 aromatic carbocycles. The Hall–Kier alpha value is -1.20. The quantitative estimate of drug-likeness (QED) is 0.800. The topological polar surface area (TPSA) is 42.7 Å². The van der Waals surface area contributed by atoms with Crippen LogP contribution in [0.2, 0.25) is 0 Å². The first-order valence-electron chi connectivity index (χ1n) is 5.34. The van der Waals surface area contributed by atoms with Gasteiger partial charge in [-0.25, -0.2) is 4.98 Å². The second kappa shape index (κ2) is 5.23. The van der Waals surface area contributed by atoms with Crippen molar-refractivity contribution >= 4 is 11.3 Å². The van der Waals surface area contributed by atoms with Crippen LogP contribution in [0.4, 0.5) is 0 Å². The fourth-order valence-electron chi connectivity index (χ4n) is 1.62. The van der Waals surface area contributed by atoms with Gasteiger partial charge in [0.25, 0.3) is 0 Å². The smallest absolute Gasteiger partial charge is 0.0937 e. The largest absolute Gasteiger partial charge is 0.312 e. The molecule has 2 aromatic heterocycles. The monoisotopic (exact) mass is 236 g/mol. The van der Waals surface area contributed by atoms with E-state index < -0.39 is 0 Å². The van der Waals surface area contributed by atoms with E-state index in [-0.39, 0.29) is 0 Å². The van der Waals surface area contributed by atoms with Gasteiger partial charge in [0.2, 0.25) is 0 Å². The average molecular weight is 236 g/mol. The van der Waals surface area contributed by atoms with E-state index in [2.05, 4.69) is 21.6 Å². The van der Waals surface area contributed by atoms with Gasteiger partial charge in [0.05, 0.1) is 10.7 Å². The van der Waals surface area contributed by atoms with E-state index in [0.29, 0.717) is 0 Å². The van der Waals surface area contributed by atoms with Gasteiger partial charge in [-0.3, -0.25) is 4.68 Å². The second-order valence-electron chi connectivity index (χ2n) is 3.77. The Labute approximate surface area is 99.3 Å². The zero-order valence-corrected chi connectivity index (χ0v) is 10.4. The lowest BCUT2D eigenvalue weighted by molar-refractivity contribution is 0.682. The molecule has 0 unspecified atom stereocenters. The van der Waals surface area contributed by atoms with Crippen molar-refractivity contribution < 1.29 is 0 Å². The predicted molar refractivity (Wildman–Crippen MR) is 65.5 cm³/mol. The van der Waals surface area contributed by atoms with Gasteiger partial charge in [0, 0.05) is 49.9 Å². The van der Waals surface area contributed by atoms with Gasteiger partial charge in [-0.2, -0.15) is 5.10 Å². The number of hydrogen-bond donors (Lipinski definition) is 1. The normalized spacial score (nSPS) is 10.9. The first-order valence-corrected chi connectivity index (χ1v) is 6.22. The summed E-state index contributed by atoms with van der Waals surface area (Å²) < 4.78 is 1.85. The number of aryl methyl sites for hydroxylation is 2. The molecule has 2 heterocycles. The molecule has 0 radical (unpaired) electrons. The van der Waals surface area contributed by atoms with E-state index in [1.54, 1.807) is 11.3 Å². The molecule has 0 atom stereocenters. The molecule has 2 rings (SSSR count). The van der Waals surface area contributed by atoms with Crippen LogP contribution < -0.4 is 5.32 Å². The molecule has 0 spiro atoms. The molecule has 0 bridgehead atoms. The second-order valence-corrected chi connectivity index (χ2v) is 4.75. The lowest BCUT2D eigenvalue weighted by Crippen LogP contribution is -2.16. The van der Waals surface area contributed by atoms with Crippen LogP contribution in [0.5, 0.6) is 0 Å². The standard InChI is InChI=1S/C11H16N4S/c1-9-10(8-15(2)14-9)7-12-4-3-11-13-5-6-16-11/h5-6,8,12H,3-4,7H2,1-2H3. The van der Waals surface area contributed by atoms with Gasteiger partial charge >= 0.3 is 0 Å². The zero-order valence-electron chi connectivity index (χ0n) is 9.60. The minimum absolute atomic E-state index is 0.880. The van der Waals surface area contributed by atoms with Crippen LogP contribution in [0.25, 0.3) is 0 Å². The number of nitrogens with one attached hydrogen (secondary N) is 1. The van der Waals surface area contributed by atoms with Crippen LogP contribution in [0, 0.1) is 6.92 Å². The fraction of sp³-hybridized carbons (Fsp3) is 0.455. The van der Waals surface area contributed by atoms with Crippen molar-refractivity contribution in [3.63, 3.8) is 0 Å². The molecule has 16 heavy (non-hydrogen) atoms. The SMILES string of the molecule is Cc1nn(C)cc1CNCCc1nccs1. The maximum Gasteiger partial charge on any atom is 0.0937 e. The molecule has 4 nitrogen and oxygen atoms in total. The van der Waals surface area contributed by atoms with Crippen LogP contribution in [0.15, 0.2) is 17.8 Å². The van der Waals surface area contributed by atoms with Crippen molar-refractivity contribution in [3.8, 4) is 0 Å². The van der Waals surface area contributed by atoms with Gasteiger partial charge in [-0.15, -0.1) is 11.3 Å². The lowest BCUT2D eigenvalue weighted by Gasteiger charge is -2.01. The summed E-state index contributed by atoms with van der Waals surface area (Å²) in [5.74, 6) is 0. The molecule has 0 saturated carbocycles. The van der Waals surface area contributed by atoms with Gasteiger partial charge in [-0.1, -0.05) is 0 Å². The van der Waals surface area contributed by atoms with E-state index in [1.165, 1.54) is 10.6 Å².